The zero-order valence-electron chi connectivity index (χ0n) is 18.0. The average Bonchev–Trinajstić information content (AvgIpc) is 3.47. The Morgan fingerprint density at radius 3 is 2.74 bits per heavy atom. The zero-order chi connectivity index (χ0) is 23.8. The van der Waals surface area contributed by atoms with E-state index in [1.54, 1.807) is 41.2 Å². The lowest BCUT2D eigenvalue weighted by molar-refractivity contribution is -0.402. The van der Waals surface area contributed by atoms with Gasteiger partial charge in [-0.15, -0.1) is 10.2 Å². The number of fused-ring (bicyclic) bond motifs is 3. The Bertz CT molecular complexity index is 1650. The van der Waals surface area contributed by atoms with E-state index in [1.807, 2.05) is 31.2 Å². The first-order chi connectivity index (χ1) is 16.5. The molecule has 0 radical (unpaired) electrons. The number of para-hydroxylation sites is 1. The molecule has 5 rings (SSSR count). The molecule has 0 N–H and O–H groups in total. The predicted molar refractivity (Wildman–Crippen MR) is 128 cm³/mol. The maximum absolute atomic E-state index is 13.5. The van der Waals surface area contributed by atoms with Crippen LogP contribution in [0.2, 0.25) is 0 Å². The summed E-state index contributed by atoms with van der Waals surface area (Å²) >= 11 is 1.24. The highest BCUT2D eigenvalue weighted by atomic mass is 32.2. The number of aryl methyl sites for hydroxylation is 1. The summed E-state index contributed by atoms with van der Waals surface area (Å²) in [5.41, 5.74) is 1.93. The molecular weight excluding hydrogens is 458 g/mol. The van der Waals surface area contributed by atoms with Crippen molar-refractivity contribution in [2.75, 3.05) is 7.11 Å². The second kappa shape index (κ2) is 8.52. The molecule has 0 saturated carbocycles. The van der Waals surface area contributed by atoms with E-state index in [4.69, 9.17) is 9.15 Å². The summed E-state index contributed by atoms with van der Waals surface area (Å²) in [6.45, 7) is 1.93. The van der Waals surface area contributed by atoms with E-state index >= 15 is 0 Å². The first-order valence-corrected chi connectivity index (χ1v) is 11.0. The monoisotopic (exact) mass is 475 g/mol. The van der Waals surface area contributed by atoms with Gasteiger partial charge in [-0.05, 0) is 54.3 Å². The van der Waals surface area contributed by atoms with E-state index in [1.165, 1.54) is 28.5 Å². The molecule has 0 aliphatic heterocycles. The van der Waals surface area contributed by atoms with Crippen LogP contribution < -0.4 is 10.3 Å². The van der Waals surface area contributed by atoms with Crippen molar-refractivity contribution in [1.29, 1.82) is 0 Å². The first-order valence-electron chi connectivity index (χ1n) is 10.1. The Morgan fingerprint density at radius 1 is 1.15 bits per heavy atom. The molecule has 34 heavy (non-hydrogen) atoms. The maximum atomic E-state index is 13.5. The summed E-state index contributed by atoms with van der Waals surface area (Å²) in [6, 6.07) is 15.6. The summed E-state index contributed by atoms with van der Waals surface area (Å²) in [4.78, 5) is 23.7. The third-order valence-corrected chi connectivity index (χ3v) is 5.92. The fourth-order valence-corrected chi connectivity index (χ4v) is 4.34. The third-order valence-electron chi connectivity index (χ3n) is 5.17. The number of methoxy groups -OCH3 is 1. The van der Waals surface area contributed by atoms with Crippen LogP contribution in [0.25, 0.3) is 28.4 Å². The largest absolute Gasteiger partial charge is 0.495 e. The number of hydrogen-bond donors (Lipinski definition) is 0. The molecule has 0 bridgehead atoms. The van der Waals surface area contributed by atoms with Gasteiger partial charge in [0.05, 0.1) is 29.8 Å². The topological polar surface area (TPSA) is 118 Å². The van der Waals surface area contributed by atoms with Crippen molar-refractivity contribution in [3.05, 3.63) is 91.8 Å². The Kier molecular flexibility index (Phi) is 5.38. The van der Waals surface area contributed by atoms with Gasteiger partial charge in [0.2, 0.25) is 10.9 Å². The van der Waals surface area contributed by atoms with E-state index in [0.29, 0.717) is 39.0 Å². The predicted octanol–water partition coefficient (Wildman–Crippen LogP) is 4.61. The molecule has 0 amide bonds. The van der Waals surface area contributed by atoms with Crippen molar-refractivity contribution >= 4 is 40.4 Å². The van der Waals surface area contributed by atoms with Crippen molar-refractivity contribution in [3.8, 4) is 11.4 Å². The Hall–Kier alpha value is -4.38. The number of nitro groups is 1. The first kappa shape index (κ1) is 21.5. The molecule has 170 valence electrons. The molecular formula is C23H17N5O5S. The van der Waals surface area contributed by atoms with E-state index in [-0.39, 0.29) is 11.4 Å². The normalized spacial score (nSPS) is 11.6. The lowest BCUT2D eigenvalue weighted by Crippen LogP contribution is -2.22. The van der Waals surface area contributed by atoms with Gasteiger partial charge in [0.1, 0.15) is 16.4 Å². The molecule has 11 heteroatoms. The quantitative estimate of drug-likeness (QED) is 0.198. The number of nitrogens with zero attached hydrogens (tertiary/aromatic N) is 5. The maximum Gasteiger partial charge on any atom is 0.433 e. The average molecular weight is 475 g/mol. The van der Waals surface area contributed by atoms with Crippen molar-refractivity contribution < 1.29 is 14.1 Å². The summed E-state index contributed by atoms with van der Waals surface area (Å²) in [7, 11) is 1.55. The standard InChI is InChI=1S/C23H17N5O5S/c1-14-7-9-19(32-2)18(13-14)26-21(29)16-5-3-4-6-17(16)27-22(26)24-25-23(27)34-12-11-15-8-10-20(33-15)28(30)31/h3-13H,1-2H3/b12-11+. The van der Waals surface area contributed by atoms with Crippen LogP contribution >= 0.6 is 11.8 Å². The fraction of sp³-hybridized carbons (Fsp3) is 0.0870. The molecule has 3 heterocycles. The van der Waals surface area contributed by atoms with Crippen molar-refractivity contribution in [1.82, 2.24) is 19.2 Å². The second-order valence-corrected chi connectivity index (χ2v) is 8.18. The minimum absolute atomic E-state index is 0.241. The molecule has 10 nitrogen and oxygen atoms in total. The number of aromatic nitrogens is 4. The van der Waals surface area contributed by atoms with E-state index in [9.17, 15) is 14.9 Å². The Labute approximate surface area is 196 Å². The van der Waals surface area contributed by atoms with Crippen molar-refractivity contribution in [2.24, 2.45) is 0 Å². The molecule has 0 aliphatic carbocycles. The molecule has 3 aromatic heterocycles. The van der Waals surface area contributed by atoms with E-state index in [2.05, 4.69) is 10.2 Å². The van der Waals surface area contributed by atoms with Crippen molar-refractivity contribution in [2.45, 2.75) is 12.1 Å². The molecule has 0 spiro atoms. The van der Waals surface area contributed by atoms with Crippen LogP contribution in [0, 0.1) is 17.0 Å². The minimum atomic E-state index is -0.596. The summed E-state index contributed by atoms with van der Waals surface area (Å²) in [6.07, 6.45) is 1.60. The van der Waals surface area contributed by atoms with Crippen LogP contribution in [0.4, 0.5) is 5.88 Å². The SMILES string of the molecule is COc1ccc(C)cc1-n1c(=O)c2ccccc2n2c(S/C=C/c3ccc([N+](=O)[O-])o3)nnc12. The summed E-state index contributed by atoms with van der Waals surface area (Å²) in [5, 5.41) is 22.1. The smallest absolute Gasteiger partial charge is 0.433 e. The van der Waals surface area contributed by atoms with E-state index in [0.717, 1.165) is 5.56 Å². The number of hydrogen-bond acceptors (Lipinski definition) is 8. The molecule has 0 saturated heterocycles. The van der Waals surface area contributed by atoms with Gasteiger partial charge in [-0.2, -0.15) is 0 Å². The molecule has 0 aliphatic rings. The van der Waals surface area contributed by atoms with Gasteiger partial charge in [-0.25, -0.2) is 4.57 Å². The van der Waals surface area contributed by atoms with Gasteiger partial charge in [0, 0.05) is 0 Å². The van der Waals surface area contributed by atoms with Crippen LogP contribution in [-0.4, -0.2) is 31.2 Å². The Balaban J connectivity index is 1.68. The lowest BCUT2D eigenvalue weighted by atomic mass is 10.2. The van der Waals surface area contributed by atoms with Crippen LogP contribution in [0.5, 0.6) is 5.75 Å². The van der Waals surface area contributed by atoms with E-state index < -0.39 is 4.92 Å². The second-order valence-electron chi connectivity index (χ2n) is 7.30. The Morgan fingerprint density at radius 2 is 1.97 bits per heavy atom. The van der Waals surface area contributed by atoms with Gasteiger partial charge in [0.25, 0.3) is 5.56 Å². The van der Waals surface area contributed by atoms with Gasteiger partial charge in [-0.1, -0.05) is 30.0 Å². The number of ether oxygens (including phenoxy) is 1. The summed E-state index contributed by atoms with van der Waals surface area (Å²) in [5.74, 6) is 0.859. The lowest BCUT2D eigenvalue weighted by Gasteiger charge is -2.14. The number of benzene rings is 2. The molecule has 0 unspecified atom stereocenters. The highest BCUT2D eigenvalue weighted by molar-refractivity contribution is 8.02. The van der Waals surface area contributed by atoms with Gasteiger partial charge >= 0.3 is 5.88 Å². The molecule has 5 aromatic rings. The van der Waals surface area contributed by atoms with Gasteiger partial charge in [-0.3, -0.25) is 19.3 Å². The minimum Gasteiger partial charge on any atom is -0.495 e. The van der Waals surface area contributed by atoms with Crippen LogP contribution in [-0.2, 0) is 0 Å². The number of rotatable bonds is 6. The third kappa shape index (κ3) is 3.61. The molecule has 2 aromatic carbocycles. The fourth-order valence-electron chi connectivity index (χ4n) is 3.64. The van der Waals surface area contributed by atoms with Gasteiger partial charge < -0.3 is 9.15 Å². The van der Waals surface area contributed by atoms with Crippen LogP contribution in [0.15, 0.2) is 74.4 Å². The molecule has 0 fully saturated rings. The summed E-state index contributed by atoms with van der Waals surface area (Å²) < 4.78 is 13.9. The van der Waals surface area contributed by atoms with Crippen molar-refractivity contribution in [3.63, 3.8) is 0 Å². The highest BCUT2D eigenvalue weighted by Crippen LogP contribution is 2.28. The number of thioether (sulfide) groups is 1. The van der Waals surface area contributed by atoms with Crippen LogP contribution in [0.3, 0.4) is 0 Å². The highest BCUT2D eigenvalue weighted by Gasteiger charge is 2.20. The number of furan rings is 1. The zero-order valence-corrected chi connectivity index (χ0v) is 18.9. The molecule has 0 atom stereocenters. The van der Waals surface area contributed by atoms with Crippen LogP contribution in [0.1, 0.15) is 11.3 Å². The van der Waals surface area contributed by atoms with Gasteiger partial charge in [0.15, 0.2) is 0 Å².